The molecule has 0 radical (unpaired) electrons. The van der Waals surface area contributed by atoms with Gasteiger partial charge < -0.3 is 5.11 Å². The SMILES string of the molecule is O=c1[nH]c(=O)n(C2CCCCCC2)c(O)c1/C=N/Nc1cccc2ccccc12. The number of H-pyrrole nitrogens is 1. The number of nitrogens with one attached hydrogen (secondary N) is 2. The highest BCUT2D eigenvalue weighted by molar-refractivity contribution is 5.94. The van der Waals surface area contributed by atoms with Gasteiger partial charge in [0, 0.05) is 11.4 Å². The lowest BCUT2D eigenvalue weighted by Crippen LogP contribution is -2.34. The number of benzene rings is 2. The maximum Gasteiger partial charge on any atom is 0.331 e. The summed E-state index contributed by atoms with van der Waals surface area (Å²) in [7, 11) is 0. The summed E-state index contributed by atoms with van der Waals surface area (Å²) < 4.78 is 1.31. The Kier molecular flexibility index (Phi) is 5.46. The van der Waals surface area contributed by atoms with E-state index in [-0.39, 0.29) is 17.5 Å². The van der Waals surface area contributed by atoms with Gasteiger partial charge in [-0.2, -0.15) is 5.10 Å². The van der Waals surface area contributed by atoms with Gasteiger partial charge in [-0.15, -0.1) is 0 Å². The summed E-state index contributed by atoms with van der Waals surface area (Å²) in [6, 6.07) is 13.6. The van der Waals surface area contributed by atoms with E-state index in [1.165, 1.54) is 10.8 Å². The lowest BCUT2D eigenvalue weighted by molar-refractivity contribution is 0.339. The summed E-state index contributed by atoms with van der Waals surface area (Å²) in [6.07, 6.45) is 7.14. The smallest absolute Gasteiger partial charge is 0.331 e. The molecule has 4 rings (SSSR count). The normalized spacial score (nSPS) is 15.6. The molecular weight excluding hydrogens is 368 g/mol. The van der Waals surface area contributed by atoms with E-state index in [0.717, 1.165) is 55.0 Å². The largest absolute Gasteiger partial charge is 0.494 e. The monoisotopic (exact) mass is 392 g/mol. The molecule has 150 valence electrons. The van der Waals surface area contributed by atoms with Gasteiger partial charge in [-0.25, -0.2) is 4.79 Å². The average Bonchev–Trinajstić information content (AvgIpc) is 3.00. The molecule has 1 saturated carbocycles. The van der Waals surface area contributed by atoms with Gasteiger partial charge in [0.1, 0.15) is 5.56 Å². The first-order valence-electron chi connectivity index (χ1n) is 10.00. The number of aromatic hydroxyl groups is 1. The zero-order valence-electron chi connectivity index (χ0n) is 16.1. The summed E-state index contributed by atoms with van der Waals surface area (Å²) in [5.41, 5.74) is 2.47. The van der Waals surface area contributed by atoms with Gasteiger partial charge in [0.05, 0.1) is 11.9 Å². The van der Waals surface area contributed by atoms with Crippen LogP contribution in [0.2, 0.25) is 0 Å². The first kappa shape index (κ1) is 19.0. The van der Waals surface area contributed by atoms with E-state index in [9.17, 15) is 14.7 Å². The van der Waals surface area contributed by atoms with Crippen molar-refractivity contribution in [1.82, 2.24) is 9.55 Å². The standard InChI is InChI=1S/C22H24N4O3/c27-20-18(14-23-25-19-13-7-9-15-8-5-6-12-17(15)19)21(28)26(22(29)24-20)16-10-3-1-2-4-11-16/h5-9,12-14,16,25,28H,1-4,10-11H2,(H,24,27,29)/b23-14+. The third-order valence-electron chi connectivity index (χ3n) is 5.51. The van der Waals surface area contributed by atoms with E-state index in [2.05, 4.69) is 15.5 Å². The summed E-state index contributed by atoms with van der Waals surface area (Å²) in [5, 5.41) is 16.9. The quantitative estimate of drug-likeness (QED) is 0.358. The molecule has 0 atom stereocenters. The van der Waals surface area contributed by atoms with Gasteiger partial charge in [0.15, 0.2) is 0 Å². The Bertz CT molecular complexity index is 1150. The number of fused-ring (bicyclic) bond motifs is 1. The lowest BCUT2D eigenvalue weighted by atomic mass is 10.1. The Morgan fingerprint density at radius 1 is 1.03 bits per heavy atom. The average molecular weight is 392 g/mol. The van der Waals surface area contributed by atoms with Crippen LogP contribution in [0, 0.1) is 0 Å². The Labute approximate surface area is 167 Å². The van der Waals surface area contributed by atoms with Crippen molar-refractivity contribution >= 4 is 22.7 Å². The van der Waals surface area contributed by atoms with Gasteiger partial charge in [0.2, 0.25) is 5.88 Å². The van der Waals surface area contributed by atoms with Crippen LogP contribution in [-0.2, 0) is 0 Å². The molecule has 3 N–H and O–H groups in total. The van der Waals surface area contributed by atoms with Gasteiger partial charge in [-0.05, 0) is 24.3 Å². The molecular formula is C22H24N4O3. The molecule has 0 aliphatic heterocycles. The number of aromatic amines is 1. The molecule has 2 aromatic carbocycles. The highest BCUT2D eigenvalue weighted by atomic mass is 16.3. The molecule has 0 bridgehead atoms. The molecule has 1 aliphatic carbocycles. The number of hydrogen-bond acceptors (Lipinski definition) is 5. The van der Waals surface area contributed by atoms with Crippen molar-refractivity contribution in [3.8, 4) is 5.88 Å². The Morgan fingerprint density at radius 3 is 2.55 bits per heavy atom. The van der Waals surface area contributed by atoms with Gasteiger partial charge in [0.25, 0.3) is 5.56 Å². The fourth-order valence-corrected chi connectivity index (χ4v) is 4.01. The first-order valence-corrected chi connectivity index (χ1v) is 10.00. The van der Waals surface area contributed by atoms with E-state index < -0.39 is 11.2 Å². The Morgan fingerprint density at radius 2 is 1.76 bits per heavy atom. The third kappa shape index (κ3) is 3.94. The second-order valence-corrected chi connectivity index (χ2v) is 7.41. The van der Waals surface area contributed by atoms with Crippen LogP contribution in [-0.4, -0.2) is 20.9 Å². The van der Waals surface area contributed by atoms with E-state index in [4.69, 9.17) is 0 Å². The van der Waals surface area contributed by atoms with Crippen molar-refractivity contribution in [2.45, 2.75) is 44.6 Å². The maximum absolute atomic E-state index is 12.4. The summed E-state index contributed by atoms with van der Waals surface area (Å²) in [5.74, 6) is -0.325. The Hall–Kier alpha value is -3.35. The predicted molar refractivity (Wildman–Crippen MR) is 115 cm³/mol. The van der Waals surface area contributed by atoms with Crippen LogP contribution in [0.4, 0.5) is 5.69 Å². The summed E-state index contributed by atoms with van der Waals surface area (Å²) in [6.45, 7) is 0. The number of nitrogens with zero attached hydrogens (tertiary/aromatic N) is 2. The molecule has 1 heterocycles. The molecule has 1 aromatic heterocycles. The first-order chi connectivity index (χ1) is 14.1. The zero-order chi connectivity index (χ0) is 20.2. The van der Waals surface area contributed by atoms with Gasteiger partial charge in [-0.3, -0.25) is 19.8 Å². The van der Waals surface area contributed by atoms with Crippen LogP contribution in [0.25, 0.3) is 10.8 Å². The molecule has 7 heteroatoms. The van der Waals surface area contributed by atoms with Crippen molar-refractivity contribution < 1.29 is 5.11 Å². The number of anilines is 1. The van der Waals surface area contributed by atoms with Crippen molar-refractivity contribution in [3.05, 3.63) is 68.9 Å². The van der Waals surface area contributed by atoms with Crippen molar-refractivity contribution in [3.63, 3.8) is 0 Å². The van der Waals surface area contributed by atoms with Crippen LogP contribution < -0.4 is 16.7 Å². The number of hydrogen-bond donors (Lipinski definition) is 3. The fraction of sp³-hybridized carbons (Fsp3) is 0.318. The van der Waals surface area contributed by atoms with Gasteiger partial charge in [-0.1, -0.05) is 62.1 Å². The van der Waals surface area contributed by atoms with E-state index in [0.29, 0.717) is 0 Å². The van der Waals surface area contributed by atoms with E-state index in [1.54, 1.807) is 0 Å². The van der Waals surface area contributed by atoms with Crippen LogP contribution in [0.1, 0.15) is 50.1 Å². The molecule has 0 spiro atoms. The van der Waals surface area contributed by atoms with E-state index >= 15 is 0 Å². The lowest BCUT2D eigenvalue weighted by Gasteiger charge is -2.19. The van der Waals surface area contributed by atoms with Crippen molar-refractivity contribution in [2.75, 3.05) is 5.43 Å². The van der Waals surface area contributed by atoms with E-state index in [1.807, 2.05) is 42.5 Å². The van der Waals surface area contributed by atoms with Crippen LogP contribution >= 0.6 is 0 Å². The highest BCUT2D eigenvalue weighted by Crippen LogP contribution is 2.29. The minimum absolute atomic E-state index is 0.0263. The molecule has 0 saturated heterocycles. The van der Waals surface area contributed by atoms with Crippen molar-refractivity contribution in [2.24, 2.45) is 5.10 Å². The number of aromatic nitrogens is 2. The molecule has 29 heavy (non-hydrogen) atoms. The summed E-state index contributed by atoms with van der Waals surface area (Å²) in [4.78, 5) is 26.9. The van der Waals surface area contributed by atoms with Crippen LogP contribution in [0.5, 0.6) is 5.88 Å². The zero-order valence-corrected chi connectivity index (χ0v) is 16.1. The molecule has 0 amide bonds. The maximum atomic E-state index is 12.4. The highest BCUT2D eigenvalue weighted by Gasteiger charge is 2.21. The molecule has 0 unspecified atom stereocenters. The predicted octanol–water partition coefficient (Wildman–Crippen LogP) is 3.74. The molecule has 7 nitrogen and oxygen atoms in total. The second kappa shape index (κ2) is 8.34. The minimum Gasteiger partial charge on any atom is -0.494 e. The topological polar surface area (TPSA) is 99.5 Å². The van der Waals surface area contributed by atoms with Crippen molar-refractivity contribution in [1.29, 1.82) is 0 Å². The van der Waals surface area contributed by atoms with Gasteiger partial charge >= 0.3 is 5.69 Å². The minimum atomic E-state index is -0.652. The number of rotatable bonds is 4. The fourth-order valence-electron chi connectivity index (χ4n) is 4.01. The summed E-state index contributed by atoms with van der Waals surface area (Å²) >= 11 is 0. The molecule has 3 aromatic rings. The van der Waals surface area contributed by atoms with Crippen LogP contribution in [0.3, 0.4) is 0 Å². The molecule has 1 aliphatic rings. The third-order valence-corrected chi connectivity index (χ3v) is 5.51. The number of hydrazone groups is 1. The van der Waals surface area contributed by atoms with Crippen LogP contribution in [0.15, 0.2) is 57.2 Å². The Balaban J connectivity index is 1.65. The molecule has 1 fully saturated rings. The second-order valence-electron chi connectivity index (χ2n) is 7.41.